The van der Waals surface area contributed by atoms with E-state index in [-0.39, 0.29) is 22.9 Å². The van der Waals surface area contributed by atoms with Gasteiger partial charge in [-0.05, 0) is 6.92 Å². The van der Waals surface area contributed by atoms with Gasteiger partial charge in [0, 0.05) is 11.6 Å². The Morgan fingerprint density at radius 3 is 2.94 bits per heavy atom. The molecular formula is C12H9ClFNO2. The zero-order valence-corrected chi connectivity index (χ0v) is 9.79. The van der Waals surface area contributed by atoms with Crippen molar-refractivity contribution in [2.75, 3.05) is 6.61 Å². The maximum absolute atomic E-state index is 13.6. The monoisotopic (exact) mass is 253 g/mol. The summed E-state index contributed by atoms with van der Waals surface area (Å²) in [4.78, 5) is 14.2. The van der Waals surface area contributed by atoms with Crippen LogP contribution in [0.15, 0.2) is 18.2 Å². The molecule has 3 nitrogen and oxygen atoms in total. The number of nitrogens with zero attached hydrogens (tertiary/aromatic N) is 1. The van der Waals surface area contributed by atoms with Crippen molar-refractivity contribution >= 4 is 29.3 Å². The van der Waals surface area contributed by atoms with E-state index in [1.807, 2.05) is 0 Å². The normalized spacial score (nSPS) is 10.2. The van der Waals surface area contributed by atoms with E-state index in [4.69, 9.17) is 18.2 Å². The lowest BCUT2D eigenvalue weighted by Gasteiger charge is -2.02. The molecule has 0 saturated heterocycles. The second kappa shape index (κ2) is 6.02. The Kier molecular flexibility index (Phi) is 4.68. The van der Waals surface area contributed by atoms with Gasteiger partial charge < -0.3 is 4.74 Å². The molecule has 0 radical (unpaired) electrons. The SMILES string of the molecule is [C-]#[N+]c1ccc(Cl)c(F)c1/C=C/C(=O)OCC. The molecule has 0 aliphatic rings. The third-order valence-electron chi connectivity index (χ3n) is 1.90. The number of carbonyl (C=O) groups is 1. The Morgan fingerprint density at radius 1 is 1.65 bits per heavy atom. The Balaban J connectivity index is 3.09. The zero-order valence-electron chi connectivity index (χ0n) is 9.04. The van der Waals surface area contributed by atoms with Gasteiger partial charge in [-0.1, -0.05) is 29.8 Å². The van der Waals surface area contributed by atoms with Gasteiger partial charge in [0.15, 0.2) is 5.69 Å². The van der Waals surface area contributed by atoms with Crippen LogP contribution < -0.4 is 0 Å². The topological polar surface area (TPSA) is 30.7 Å². The van der Waals surface area contributed by atoms with Crippen LogP contribution >= 0.6 is 11.6 Å². The molecule has 1 aromatic rings. The first-order chi connectivity index (χ1) is 8.10. The third-order valence-corrected chi connectivity index (χ3v) is 2.19. The van der Waals surface area contributed by atoms with Crippen LogP contribution in [-0.2, 0) is 9.53 Å². The van der Waals surface area contributed by atoms with Crippen LogP contribution in [-0.4, -0.2) is 12.6 Å². The minimum absolute atomic E-state index is 0.0134. The first kappa shape index (κ1) is 13.2. The number of esters is 1. The first-order valence-electron chi connectivity index (χ1n) is 4.80. The molecule has 0 fully saturated rings. The summed E-state index contributed by atoms with van der Waals surface area (Å²) < 4.78 is 18.3. The van der Waals surface area contributed by atoms with Crippen LogP contribution in [0, 0.1) is 12.4 Å². The highest BCUT2D eigenvalue weighted by Crippen LogP contribution is 2.28. The van der Waals surface area contributed by atoms with Gasteiger partial charge in [-0.3, -0.25) is 0 Å². The van der Waals surface area contributed by atoms with Crippen molar-refractivity contribution in [1.82, 2.24) is 0 Å². The quantitative estimate of drug-likeness (QED) is 0.468. The molecule has 17 heavy (non-hydrogen) atoms. The number of ether oxygens (including phenoxy) is 1. The maximum atomic E-state index is 13.6. The van der Waals surface area contributed by atoms with Crippen LogP contribution in [0.3, 0.4) is 0 Å². The van der Waals surface area contributed by atoms with Crippen LogP contribution in [0.25, 0.3) is 10.9 Å². The molecule has 0 saturated carbocycles. The van der Waals surface area contributed by atoms with E-state index >= 15 is 0 Å². The average molecular weight is 254 g/mol. The Bertz CT molecular complexity index is 506. The lowest BCUT2D eigenvalue weighted by atomic mass is 10.1. The lowest BCUT2D eigenvalue weighted by Crippen LogP contribution is -1.98. The highest BCUT2D eigenvalue weighted by Gasteiger charge is 2.10. The largest absolute Gasteiger partial charge is 0.463 e. The number of halogens is 2. The van der Waals surface area contributed by atoms with E-state index in [9.17, 15) is 9.18 Å². The molecule has 88 valence electrons. The smallest absolute Gasteiger partial charge is 0.330 e. The molecule has 1 aromatic carbocycles. The number of carbonyl (C=O) groups excluding carboxylic acids is 1. The molecule has 0 aliphatic carbocycles. The third kappa shape index (κ3) is 3.30. The minimum atomic E-state index is -0.722. The Hall–Kier alpha value is -1.86. The van der Waals surface area contributed by atoms with Crippen LogP contribution in [0.1, 0.15) is 12.5 Å². The fraction of sp³-hybridized carbons (Fsp3) is 0.167. The van der Waals surface area contributed by atoms with Crippen molar-refractivity contribution in [2.45, 2.75) is 6.92 Å². The molecule has 0 amide bonds. The molecule has 0 heterocycles. The van der Waals surface area contributed by atoms with Gasteiger partial charge in [-0.2, -0.15) is 0 Å². The second-order valence-corrected chi connectivity index (χ2v) is 3.40. The summed E-state index contributed by atoms with van der Waals surface area (Å²) in [6, 6.07) is 2.69. The van der Waals surface area contributed by atoms with Crippen molar-refractivity contribution in [3.8, 4) is 0 Å². The summed E-state index contributed by atoms with van der Waals surface area (Å²) in [6.07, 6.45) is 2.25. The van der Waals surface area contributed by atoms with E-state index in [2.05, 4.69) is 9.58 Å². The minimum Gasteiger partial charge on any atom is -0.463 e. The van der Waals surface area contributed by atoms with Gasteiger partial charge in [0.05, 0.1) is 18.2 Å². The van der Waals surface area contributed by atoms with E-state index < -0.39 is 11.8 Å². The molecule has 0 spiro atoms. The summed E-state index contributed by atoms with van der Waals surface area (Å²) in [5.74, 6) is -1.32. The summed E-state index contributed by atoms with van der Waals surface area (Å²) in [7, 11) is 0. The van der Waals surface area contributed by atoms with E-state index in [0.29, 0.717) is 0 Å². The van der Waals surface area contributed by atoms with Crippen molar-refractivity contribution in [3.63, 3.8) is 0 Å². The molecule has 0 N–H and O–H groups in total. The molecule has 0 aromatic heterocycles. The number of hydrogen-bond acceptors (Lipinski definition) is 2. The number of benzene rings is 1. The fourth-order valence-electron chi connectivity index (χ4n) is 1.15. The molecular weight excluding hydrogens is 245 g/mol. The van der Waals surface area contributed by atoms with Crippen LogP contribution in [0.4, 0.5) is 10.1 Å². The van der Waals surface area contributed by atoms with Crippen molar-refractivity contribution in [2.24, 2.45) is 0 Å². The van der Waals surface area contributed by atoms with Crippen LogP contribution in [0.2, 0.25) is 5.02 Å². The summed E-state index contributed by atoms with van der Waals surface area (Å²) in [6.45, 7) is 8.78. The van der Waals surface area contributed by atoms with Gasteiger partial charge in [0.25, 0.3) is 0 Å². The Morgan fingerprint density at radius 2 is 2.35 bits per heavy atom. The molecule has 0 atom stereocenters. The number of hydrogen-bond donors (Lipinski definition) is 0. The van der Waals surface area contributed by atoms with E-state index in [0.717, 1.165) is 6.08 Å². The zero-order chi connectivity index (χ0) is 12.8. The van der Waals surface area contributed by atoms with Gasteiger partial charge in [-0.15, -0.1) is 0 Å². The predicted molar refractivity (Wildman–Crippen MR) is 63.3 cm³/mol. The fourth-order valence-corrected chi connectivity index (χ4v) is 1.32. The van der Waals surface area contributed by atoms with Crippen molar-refractivity contribution in [1.29, 1.82) is 0 Å². The average Bonchev–Trinajstić information content (AvgIpc) is 2.31. The van der Waals surface area contributed by atoms with Gasteiger partial charge in [0.1, 0.15) is 5.82 Å². The molecule has 5 heteroatoms. The highest BCUT2D eigenvalue weighted by molar-refractivity contribution is 6.31. The standard InChI is InChI=1S/C12H9ClFNO2/c1-3-17-11(16)7-4-8-10(15-2)6-5-9(13)12(8)14/h4-7H,3H2,1H3/b7-4+. The van der Waals surface area contributed by atoms with Gasteiger partial charge in [0.2, 0.25) is 0 Å². The van der Waals surface area contributed by atoms with Crippen LogP contribution in [0.5, 0.6) is 0 Å². The van der Waals surface area contributed by atoms with Crippen molar-refractivity contribution < 1.29 is 13.9 Å². The van der Waals surface area contributed by atoms with Gasteiger partial charge >= 0.3 is 5.97 Å². The predicted octanol–water partition coefficient (Wildman–Crippen LogP) is 3.61. The molecule has 0 aliphatic heterocycles. The van der Waals surface area contributed by atoms with Crippen molar-refractivity contribution in [3.05, 3.63) is 46.0 Å². The number of rotatable bonds is 3. The van der Waals surface area contributed by atoms with Gasteiger partial charge in [-0.25, -0.2) is 14.0 Å². The summed E-state index contributed by atoms with van der Waals surface area (Å²) >= 11 is 5.59. The summed E-state index contributed by atoms with van der Waals surface area (Å²) in [5, 5.41) is -0.0964. The lowest BCUT2D eigenvalue weighted by molar-refractivity contribution is -0.137. The molecule has 0 unspecified atom stereocenters. The Labute approximate surface area is 103 Å². The second-order valence-electron chi connectivity index (χ2n) is 2.99. The van der Waals surface area contributed by atoms with E-state index in [1.54, 1.807) is 6.92 Å². The maximum Gasteiger partial charge on any atom is 0.330 e. The first-order valence-corrected chi connectivity index (χ1v) is 5.18. The highest BCUT2D eigenvalue weighted by atomic mass is 35.5. The molecule has 0 bridgehead atoms. The molecule has 1 rings (SSSR count). The summed E-state index contributed by atoms with van der Waals surface area (Å²) in [5.41, 5.74) is 0.0769. The van der Waals surface area contributed by atoms with E-state index in [1.165, 1.54) is 18.2 Å².